The van der Waals surface area contributed by atoms with Gasteiger partial charge in [0.25, 0.3) is 0 Å². The maximum atomic E-state index is 9.65. The summed E-state index contributed by atoms with van der Waals surface area (Å²) in [5, 5.41) is 9.65. The van der Waals surface area contributed by atoms with Gasteiger partial charge in [-0.05, 0) is 31.4 Å². The molecule has 88 valence electrons. The summed E-state index contributed by atoms with van der Waals surface area (Å²) in [4.78, 5) is 6.49. The van der Waals surface area contributed by atoms with E-state index in [1.807, 2.05) is 12.1 Å². The van der Waals surface area contributed by atoms with Crippen molar-refractivity contribution >= 4 is 5.69 Å². The van der Waals surface area contributed by atoms with Gasteiger partial charge >= 0.3 is 0 Å². The molecule has 0 saturated carbocycles. The summed E-state index contributed by atoms with van der Waals surface area (Å²) < 4.78 is 0. The first-order valence-corrected chi connectivity index (χ1v) is 5.90. The number of nitrogens with two attached hydrogens (primary N) is 1. The van der Waals surface area contributed by atoms with E-state index in [9.17, 15) is 5.11 Å². The van der Waals surface area contributed by atoms with Gasteiger partial charge in [0.15, 0.2) is 0 Å². The van der Waals surface area contributed by atoms with E-state index in [1.165, 1.54) is 19.3 Å². The topological polar surface area (TPSA) is 62.4 Å². The number of aliphatic hydroxyl groups excluding tert-OH is 1. The molecular formula is C12H19N3O. The maximum Gasteiger partial charge on any atom is 0.108 e. The normalized spacial score (nSPS) is 18.5. The van der Waals surface area contributed by atoms with Crippen molar-refractivity contribution in [2.24, 2.45) is 5.73 Å². The van der Waals surface area contributed by atoms with Crippen LogP contribution >= 0.6 is 0 Å². The van der Waals surface area contributed by atoms with Crippen molar-refractivity contribution in [2.45, 2.75) is 25.4 Å². The molecule has 1 aliphatic rings. The molecule has 2 heterocycles. The number of aliphatic hydroxyl groups is 1. The van der Waals surface area contributed by atoms with Gasteiger partial charge in [-0.25, -0.2) is 0 Å². The smallest absolute Gasteiger partial charge is 0.108 e. The van der Waals surface area contributed by atoms with Crippen molar-refractivity contribution in [2.75, 3.05) is 24.5 Å². The van der Waals surface area contributed by atoms with Gasteiger partial charge in [0, 0.05) is 31.5 Å². The summed E-state index contributed by atoms with van der Waals surface area (Å²) in [6.45, 7) is 2.42. The second kappa shape index (κ2) is 5.27. The van der Waals surface area contributed by atoms with Crippen molar-refractivity contribution in [3.8, 4) is 0 Å². The second-order valence-electron chi connectivity index (χ2n) is 4.24. The standard InChI is InChI=1S/C12H19N3O/c13-9-12(16)11-8-10(4-5-14-11)15-6-2-1-3-7-15/h4-5,8,12,16H,1-3,6-7,9,13H2. The van der Waals surface area contributed by atoms with Crippen molar-refractivity contribution in [1.29, 1.82) is 0 Å². The largest absolute Gasteiger partial charge is 0.385 e. The van der Waals surface area contributed by atoms with Crippen molar-refractivity contribution in [3.05, 3.63) is 24.0 Å². The molecule has 0 aliphatic carbocycles. The molecule has 1 aromatic rings. The number of hydrogen-bond donors (Lipinski definition) is 2. The first kappa shape index (κ1) is 11.4. The summed E-state index contributed by atoms with van der Waals surface area (Å²) >= 11 is 0. The average molecular weight is 221 g/mol. The van der Waals surface area contributed by atoms with Crippen LogP contribution in [0.15, 0.2) is 18.3 Å². The molecule has 0 aromatic carbocycles. The highest BCUT2D eigenvalue weighted by atomic mass is 16.3. The van der Waals surface area contributed by atoms with Crippen LogP contribution in [0.25, 0.3) is 0 Å². The number of hydrogen-bond acceptors (Lipinski definition) is 4. The molecule has 3 N–H and O–H groups in total. The maximum absolute atomic E-state index is 9.65. The Kier molecular flexibility index (Phi) is 3.74. The third-order valence-electron chi connectivity index (χ3n) is 3.05. The average Bonchev–Trinajstić information content (AvgIpc) is 2.39. The molecule has 2 rings (SSSR count). The lowest BCUT2D eigenvalue weighted by Crippen LogP contribution is -2.29. The Morgan fingerprint density at radius 3 is 2.81 bits per heavy atom. The summed E-state index contributed by atoms with van der Waals surface area (Å²) in [5.74, 6) is 0. The van der Waals surface area contributed by atoms with Gasteiger partial charge in [0.1, 0.15) is 6.10 Å². The minimum Gasteiger partial charge on any atom is -0.385 e. The Bertz CT molecular complexity index is 337. The first-order valence-electron chi connectivity index (χ1n) is 5.90. The second-order valence-corrected chi connectivity index (χ2v) is 4.24. The molecular weight excluding hydrogens is 202 g/mol. The van der Waals surface area contributed by atoms with E-state index in [0.717, 1.165) is 18.8 Å². The molecule has 16 heavy (non-hydrogen) atoms. The van der Waals surface area contributed by atoms with Crippen LogP contribution in [0.3, 0.4) is 0 Å². The van der Waals surface area contributed by atoms with Gasteiger partial charge in [0.2, 0.25) is 0 Å². The number of rotatable bonds is 3. The predicted molar refractivity (Wildman–Crippen MR) is 64.3 cm³/mol. The molecule has 1 unspecified atom stereocenters. The number of aromatic nitrogens is 1. The minimum absolute atomic E-state index is 0.219. The van der Waals surface area contributed by atoms with E-state index in [-0.39, 0.29) is 6.54 Å². The van der Waals surface area contributed by atoms with Crippen LogP contribution in [0.1, 0.15) is 31.1 Å². The number of pyridine rings is 1. The van der Waals surface area contributed by atoms with E-state index < -0.39 is 6.10 Å². The Labute approximate surface area is 96.1 Å². The van der Waals surface area contributed by atoms with Crippen LogP contribution in [-0.4, -0.2) is 29.7 Å². The number of piperidine rings is 1. The van der Waals surface area contributed by atoms with Gasteiger partial charge in [-0.3, -0.25) is 4.98 Å². The molecule has 1 aromatic heterocycles. The fraction of sp³-hybridized carbons (Fsp3) is 0.583. The summed E-state index contributed by atoms with van der Waals surface area (Å²) in [7, 11) is 0. The molecule has 1 aliphatic heterocycles. The zero-order valence-electron chi connectivity index (χ0n) is 9.47. The third-order valence-corrected chi connectivity index (χ3v) is 3.05. The summed E-state index contributed by atoms with van der Waals surface area (Å²) in [6.07, 6.45) is 4.91. The van der Waals surface area contributed by atoms with E-state index >= 15 is 0 Å². The summed E-state index contributed by atoms with van der Waals surface area (Å²) in [6, 6.07) is 3.95. The lowest BCUT2D eigenvalue weighted by atomic mass is 10.1. The van der Waals surface area contributed by atoms with Crippen LogP contribution in [0.2, 0.25) is 0 Å². The van der Waals surface area contributed by atoms with E-state index in [0.29, 0.717) is 5.69 Å². The van der Waals surface area contributed by atoms with Crippen molar-refractivity contribution in [3.63, 3.8) is 0 Å². The summed E-state index contributed by atoms with van der Waals surface area (Å²) in [5.41, 5.74) is 7.25. The number of nitrogens with zero attached hydrogens (tertiary/aromatic N) is 2. The van der Waals surface area contributed by atoms with Gasteiger partial charge in [-0.1, -0.05) is 0 Å². The van der Waals surface area contributed by atoms with E-state index in [4.69, 9.17) is 5.73 Å². The predicted octanol–water partition coefficient (Wildman–Crippen LogP) is 1.06. The van der Waals surface area contributed by atoms with E-state index in [2.05, 4.69) is 9.88 Å². The Balaban J connectivity index is 2.14. The monoisotopic (exact) mass is 221 g/mol. The third kappa shape index (κ3) is 2.51. The van der Waals surface area contributed by atoms with Crippen LogP contribution in [-0.2, 0) is 0 Å². The molecule has 0 spiro atoms. The van der Waals surface area contributed by atoms with Crippen molar-refractivity contribution in [1.82, 2.24) is 4.98 Å². The highest BCUT2D eigenvalue weighted by Gasteiger charge is 2.13. The van der Waals surface area contributed by atoms with Gasteiger partial charge in [0.05, 0.1) is 5.69 Å². The number of anilines is 1. The highest BCUT2D eigenvalue weighted by Crippen LogP contribution is 2.21. The Morgan fingerprint density at radius 2 is 2.12 bits per heavy atom. The highest BCUT2D eigenvalue weighted by molar-refractivity contribution is 5.47. The van der Waals surface area contributed by atoms with Crippen molar-refractivity contribution < 1.29 is 5.11 Å². The molecule has 0 amide bonds. The fourth-order valence-electron chi connectivity index (χ4n) is 2.09. The lowest BCUT2D eigenvalue weighted by Gasteiger charge is -2.29. The quantitative estimate of drug-likeness (QED) is 0.801. The van der Waals surface area contributed by atoms with Crippen LogP contribution in [0.4, 0.5) is 5.69 Å². The van der Waals surface area contributed by atoms with Gasteiger partial charge < -0.3 is 15.7 Å². The minimum atomic E-state index is -0.648. The zero-order valence-corrected chi connectivity index (χ0v) is 9.47. The molecule has 1 fully saturated rings. The van der Waals surface area contributed by atoms with Crippen LogP contribution in [0.5, 0.6) is 0 Å². The molecule has 0 bridgehead atoms. The Morgan fingerprint density at radius 1 is 1.38 bits per heavy atom. The van der Waals surface area contributed by atoms with Gasteiger partial charge in [-0.15, -0.1) is 0 Å². The SMILES string of the molecule is NCC(O)c1cc(N2CCCCC2)ccn1. The Hall–Kier alpha value is -1.13. The molecule has 1 atom stereocenters. The van der Waals surface area contributed by atoms with E-state index in [1.54, 1.807) is 6.20 Å². The molecule has 1 saturated heterocycles. The van der Waals surface area contributed by atoms with Gasteiger partial charge in [-0.2, -0.15) is 0 Å². The molecule has 4 nitrogen and oxygen atoms in total. The lowest BCUT2D eigenvalue weighted by molar-refractivity contribution is 0.182. The van der Waals surface area contributed by atoms with Crippen LogP contribution in [0, 0.1) is 0 Å². The zero-order chi connectivity index (χ0) is 11.4. The molecule has 0 radical (unpaired) electrons. The van der Waals surface area contributed by atoms with Crippen LogP contribution < -0.4 is 10.6 Å². The molecule has 4 heteroatoms. The fourth-order valence-corrected chi connectivity index (χ4v) is 2.09. The first-order chi connectivity index (χ1) is 7.81.